The molecule has 0 aliphatic carbocycles. The first kappa shape index (κ1) is 24.9. The van der Waals surface area contributed by atoms with E-state index in [9.17, 15) is 18.0 Å². The van der Waals surface area contributed by atoms with E-state index in [0.29, 0.717) is 42.4 Å². The van der Waals surface area contributed by atoms with Crippen LogP contribution in [-0.4, -0.2) is 25.6 Å². The quantitative estimate of drug-likeness (QED) is 0.267. The number of para-hydroxylation sites is 1. The lowest BCUT2D eigenvalue weighted by atomic mass is 9.77. The van der Waals surface area contributed by atoms with Gasteiger partial charge in [0.15, 0.2) is 5.60 Å². The average molecular weight is 531 g/mol. The summed E-state index contributed by atoms with van der Waals surface area (Å²) in [5.74, 6) is 0.852. The Bertz CT molecular complexity index is 1550. The molecule has 2 aliphatic heterocycles. The maximum Gasteiger partial charge on any atom is 0.416 e. The number of hydrogen-bond donors (Lipinski definition) is 1. The molecule has 0 saturated heterocycles. The SMILES string of the molecule is CCN(CCNc1ccc(C(F)(F)F)cc1)c1ccc2c(c1)Oc1ccccc1C21OC(=O)c2ccccc21. The monoisotopic (exact) mass is 530 g/mol. The molecular weight excluding hydrogens is 505 g/mol. The molecule has 2 heterocycles. The lowest BCUT2D eigenvalue weighted by Gasteiger charge is -2.37. The Morgan fingerprint density at radius 1 is 0.846 bits per heavy atom. The van der Waals surface area contributed by atoms with Gasteiger partial charge in [0.25, 0.3) is 0 Å². The number of carbonyl (C=O) groups is 1. The first-order valence-corrected chi connectivity index (χ1v) is 12.7. The highest BCUT2D eigenvalue weighted by Crippen LogP contribution is 2.56. The number of hydrogen-bond acceptors (Lipinski definition) is 5. The largest absolute Gasteiger partial charge is 0.456 e. The number of ether oxygens (including phenoxy) is 2. The molecule has 1 unspecified atom stereocenters. The predicted octanol–water partition coefficient (Wildman–Crippen LogP) is 7.21. The van der Waals surface area contributed by atoms with Crippen molar-refractivity contribution in [1.82, 2.24) is 0 Å². The van der Waals surface area contributed by atoms with Crippen molar-refractivity contribution in [2.75, 3.05) is 29.9 Å². The van der Waals surface area contributed by atoms with Crippen LogP contribution in [0.2, 0.25) is 0 Å². The number of nitrogens with one attached hydrogen (secondary N) is 1. The lowest BCUT2D eigenvalue weighted by molar-refractivity contribution is -0.137. The number of nitrogens with zero attached hydrogens (tertiary/aromatic N) is 1. The van der Waals surface area contributed by atoms with Crippen molar-refractivity contribution in [2.24, 2.45) is 0 Å². The number of anilines is 2. The molecule has 8 heteroatoms. The van der Waals surface area contributed by atoms with Crippen molar-refractivity contribution in [1.29, 1.82) is 0 Å². The van der Waals surface area contributed by atoms with Crippen LogP contribution in [0.3, 0.4) is 0 Å². The van der Waals surface area contributed by atoms with Gasteiger partial charge >= 0.3 is 12.1 Å². The summed E-state index contributed by atoms with van der Waals surface area (Å²) in [5.41, 5.74) is 2.61. The third-order valence-corrected chi connectivity index (χ3v) is 7.27. The van der Waals surface area contributed by atoms with Crippen LogP contribution in [0.25, 0.3) is 0 Å². The Hall–Kier alpha value is -4.46. The van der Waals surface area contributed by atoms with Crippen LogP contribution in [0.15, 0.2) is 91.0 Å². The zero-order chi connectivity index (χ0) is 27.2. The van der Waals surface area contributed by atoms with E-state index in [1.165, 1.54) is 12.1 Å². The molecule has 2 aliphatic rings. The van der Waals surface area contributed by atoms with Crippen LogP contribution < -0.4 is 15.0 Å². The highest BCUT2D eigenvalue weighted by atomic mass is 19.4. The van der Waals surface area contributed by atoms with Gasteiger partial charge in [-0.05, 0) is 55.5 Å². The summed E-state index contributed by atoms with van der Waals surface area (Å²) in [7, 11) is 0. The molecule has 0 saturated carbocycles. The second-order valence-corrected chi connectivity index (χ2v) is 9.48. The summed E-state index contributed by atoms with van der Waals surface area (Å²) >= 11 is 0. The Balaban J connectivity index is 1.28. The Morgan fingerprint density at radius 2 is 1.54 bits per heavy atom. The zero-order valence-corrected chi connectivity index (χ0v) is 21.1. The maximum atomic E-state index is 12.9. The molecule has 1 N–H and O–H groups in total. The van der Waals surface area contributed by atoms with Crippen molar-refractivity contribution in [3.8, 4) is 11.5 Å². The lowest BCUT2D eigenvalue weighted by Crippen LogP contribution is -2.33. The van der Waals surface area contributed by atoms with Gasteiger partial charge in [0.1, 0.15) is 11.5 Å². The minimum atomic E-state index is -4.36. The van der Waals surface area contributed by atoms with E-state index in [1.54, 1.807) is 6.07 Å². The van der Waals surface area contributed by atoms with Gasteiger partial charge in [-0.15, -0.1) is 0 Å². The van der Waals surface area contributed by atoms with Gasteiger partial charge in [-0.3, -0.25) is 0 Å². The number of halogens is 3. The summed E-state index contributed by atoms with van der Waals surface area (Å²) in [6.07, 6.45) is -4.36. The molecule has 198 valence electrons. The van der Waals surface area contributed by atoms with E-state index >= 15 is 0 Å². The van der Waals surface area contributed by atoms with Gasteiger partial charge in [-0.2, -0.15) is 13.2 Å². The molecule has 39 heavy (non-hydrogen) atoms. The van der Waals surface area contributed by atoms with Crippen molar-refractivity contribution < 1.29 is 27.4 Å². The number of esters is 1. The minimum absolute atomic E-state index is 0.373. The fourth-order valence-corrected chi connectivity index (χ4v) is 5.39. The molecule has 0 radical (unpaired) electrons. The summed E-state index contributed by atoms with van der Waals surface area (Å²) < 4.78 is 51.0. The van der Waals surface area contributed by atoms with Crippen LogP contribution in [-0.2, 0) is 16.5 Å². The maximum absolute atomic E-state index is 12.9. The number of benzene rings is 4. The van der Waals surface area contributed by atoms with Crippen LogP contribution >= 0.6 is 0 Å². The Labute approximate surface area is 223 Å². The van der Waals surface area contributed by atoms with Crippen molar-refractivity contribution in [2.45, 2.75) is 18.7 Å². The second kappa shape index (κ2) is 9.38. The minimum Gasteiger partial charge on any atom is -0.456 e. The van der Waals surface area contributed by atoms with Crippen molar-refractivity contribution >= 4 is 17.3 Å². The van der Waals surface area contributed by atoms with Crippen LogP contribution in [0.4, 0.5) is 24.5 Å². The molecule has 0 fully saturated rings. The molecular formula is C31H25F3N2O3. The van der Waals surface area contributed by atoms with Crippen LogP contribution in [0, 0.1) is 0 Å². The smallest absolute Gasteiger partial charge is 0.416 e. The normalized spacial score (nSPS) is 17.1. The molecule has 1 atom stereocenters. The molecule has 0 amide bonds. The summed E-state index contributed by atoms with van der Waals surface area (Å²) in [5, 5.41) is 3.19. The van der Waals surface area contributed by atoms with Crippen molar-refractivity contribution in [3.05, 3.63) is 119 Å². The summed E-state index contributed by atoms with van der Waals surface area (Å²) in [4.78, 5) is 15.1. The van der Waals surface area contributed by atoms with Crippen LogP contribution in [0.5, 0.6) is 11.5 Å². The van der Waals surface area contributed by atoms with Gasteiger partial charge < -0.3 is 19.7 Å². The third-order valence-electron chi connectivity index (χ3n) is 7.27. The van der Waals surface area contributed by atoms with E-state index < -0.39 is 17.3 Å². The fraction of sp³-hybridized carbons (Fsp3) is 0.194. The van der Waals surface area contributed by atoms with E-state index in [2.05, 4.69) is 10.2 Å². The molecule has 5 nitrogen and oxygen atoms in total. The van der Waals surface area contributed by atoms with Gasteiger partial charge in [-0.25, -0.2) is 4.79 Å². The average Bonchev–Trinajstić information content (AvgIpc) is 3.23. The first-order valence-electron chi connectivity index (χ1n) is 12.7. The number of fused-ring (bicyclic) bond motifs is 6. The zero-order valence-electron chi connectivity index (χ0n) is 21.1. The number of likely N-dealkylation sites (N-methyl/N-ethyl adjacent to an activating group) is 1. The molecule has 0 aromatic heterocycles. The van der Waals surface area contributed by atoms with Gasteiger partial charge in [0.2, 0.25) is 0 Å². The molecule has 4 aromatic carbocycles. The number of rotatable bonds is 6. The predicted molar refractivity (Wildman–Crippen MR) is 143 cm³/mol. The fourth-order valence-electron chi connectivity index (χ4n) is 5.39. The summed E-state index contributed by atoms with van der Waals surface area (Å²) in [6.45, 7) is 3.86. The molecule has 6 rings (SSSR count). The molecule has 1 spiro atoms. The van der Waals surface area contributed by atoms with E-state index in [0.717, 1.165) is 34.5 Å². The van der Waals surface area contributed by atoms with Crippen molar-refractivity contribution in [3.63, 3.8) is 0 Å². The van der Waals surface area contributed by atoms with E-state index in [1.807, 2.05) is 67.6 Å². The van der Waals surface area contributed by atoms with E-state index in [-0.39, 0.29) is 5.97 Å². The first-order chi connectivity index (χ1) is 18.8. The highest BCUT2D eigenvalue weighted by Gasteiger charge is 2.53. The standard InChI is InChI=1S/C31H25F3N2O3/c1-2-36(18-17-35-21-13-11-20(12-14-21)31(32,33)34)22-15-16-26-28(19-22)38-27-10-6-5-9-25(27)30(26)24-8-4-3-7-23(24)29(37)39-30/h3-16,19,35H,2,17-18H2,1H3. The highest BCUT2D eigenvalue weighted by molar-refractivity contribution is 5.97. The topological polar surface area (TPSA) is 50.8 Å². The second-order valence-electron chi connectivity index (χ2n) is 9.48. The number of alkyl halides is 3. The Morgan fingerprint density at radius 3 is 2.28 bits per heavy atom. The van der Waals surface area contributed by atoms with Gasteiger partial charge in [-0.1, -0.05) is 36.4 Å². The van der Waals surface area contributed by atoms with Gasteiger partial charge in [0, 0.05) is 53.8 Å². The van der Waals surface area contributed by atoms with Crippen LogP contribution in [0.1, 0.15) is 39.5 Å². The van der Waals surface area contributed by atoms with Gasteiger partial charge in [0.05, 0.1) is 11.1 Å². The molecule has 0 bridgehead atoms. The third kappa shape index (κ3) is 4.16. The summed E-state index contributed by atoms with van der Waals surface area (Å²) in [6, 6.07) is 25.9. The molecule has 4 aromatic rings. The Kier molecular flexibility index (Phi) is 5.98. The van der Waals surface area contributed by atoms with E-state index in [4.69, 9.17) is 9.47 Å². The number of carbonyl (C=O) groups excluding carboxylic acids is 1.